The number of imidazole rings is 1. The number of benzene rings is 2. The zero-order valence-corrected chi connectivity index (χ0v) is 16.6. The molecule has 0 atom stereocenters. The van der Waals surface area contributed by atoms with Crippen molar-refractivity contribution in [1.29, 1.82) is 0 Å². The molecule has 6 rings (SSSR count). The largest absolute Gasteiger partial charge is 0.339 e. The van der Waals surface area contributed by atoms with Crippen molar-refractivity contribution in [1.82, 2.24) is 25.1 Å². The van der Waals surface area contributed by atoms with E-state index < -0.39 is 11.6 Å². The van der Waals surface area contributed by atoms with Gasteiger partial charge in [-0.25, -0.2) is 13.8 Å². The molecule has 1 fully saturated rings. The van der Waals surface area contributed by atoms with Crippen molar-refractivity contribution >= 4 is 16.8 Å². The average molecular weight is 419 g/mol. The first-order chi connectivity index (χ1) is 15.0. The minimum atomic E-state index is -0.584. The highest BCUT2D eigenvalue weighted by molar-refractivity contribution is 5.91. The third kappa shape index (κ3) is 3.28. The van der Waals surface area contributed by atoms with E-state index in [9.17, 15) is 13.6 Å². The Morgan fingerprint density at radius 2 is 1.87 bits per heavy atom. The summed E-state index contributed by atoms with van der Waals surface area (Å²) in [6.45, 7) is 1.08. The van der Waals surface area contributed by atoms with Gasteiger partial charge in [0.05, 0.1) is 30.0 Å². The number of nitrogens with one attached hydrogen (secondary N) is 2. The molecule has 8 heteroatoms. The Morgan fingerprint density at radius 1 is 1.06 bits per heavy atom. The smallest absolute Gasteiger partial charge is 0.226 e. The van der Waals surface area contributed by atoms with Crippen molar-refractivity contribution in [3.8, 4) is 11.5 Å². The molecule has 1 aliphatic heterocycles. The van der Waals surface area contributed by atoms with Gasteiger partial charge in [0, 0.05) is 17.4 Å². The molecule has 4 aromatic rings. The van der Waals surface area contributed by atoms with E-state index in [1.807, 2.05) is 23.1 Å². The number of halogens is 2. The fourth-order valence-electron chi connectivity index (χ4n) is 4.29. The topological polar surface area (TPSA) is 77.7 Å². The third-order valence-electron chi connectivity index (χ3n) is 5.97. The van der Waals surface area contributed by atoms with Crippen LogP contribution in [0.5, 0.6) is 0 Å². The Labute approximate surface area is 176 Å². The molecule has 2 N–H and O–H groups in total. The van der Waals surface area contributed by atoms with Crippen molar-refractivity contribution in [3.05, 3.63) is 70.5 Å². The fraction of sp³-hybridized carbons (Fsp3) is 0.261. The first-order valence-corrected chi connectivity index (χ1v) is 10.3. The Morgan fingerprint density at radius 3 is 2.61 bits per heavy atom. The van der Waals surface area contributed by atoms with Crippen molar-refractivity contribution in [3.63, 3.8) is 0 Å². The Kier molecular flexibility index (Phi) is 3.96. The molecule has 6 nitrogen and oxygen atoms in total. The van der Waals surface area contributed by atoms with Gasteiger partial charge >= 0.3 is 0 Å². The molecule has 31 heavy (non-hydrogen) atoms. The molecule has 0 bridgehead atoms. The lowest BCUT2D eigenvalue weighted by molar-refractivity contribution is -0.133. The number of aromatic nitrogens is 4. The van der Waals surface area contributed by atoms with Crippen LogP contribution in [-0.2, 0) is 24.3 Å². The lowest BCUT2D eigenvalue weighted by Crippen LogP contribution is -2.27. The monoisotopic (exact) mass is 419 g/mol. The van der Waals surface area contributed by atoms with Crippen LogP contribution in [0, 0.1) is 17.6 Å². The van der Waals surface area contributed by atoms with Gasteiger partial charge in [0.2, 0.25) is 5.91 Å². The van der Waals surface area contributed by atoms with Crippen LogP contribution in [0.4, 0.5) is 8.78 Å². The van der Waals surface area contributed by atoms with E-state index in [4.69, 9.17) is 4.98 Å². The lowest BCUT2D eigenvalue weighted by atomic mass is 10.0. The van der Waals surface area contributed by atoms with Gasteiger partial charge in [-0.2, -0.15) is 5.10 Å². The fourth-order valence-corrected chi connectivity index (χ4v) is 4.29. The summed E-state index contributed by atoms with van der Waals surface area (Å²) in [6.07, 6.45) is 2.39. The number of carbonyl (C=O) groups excluding carboxylic acids is 1. The van der Waals surface area contributed by atoms with E-state index in [0.717, 1.165) is 46.8 Å². The van der Waals surface area contributed by atoms with Crippen LogP contribution >= 0.6 is 0 Å². The predicted octanol–water partition coefficient (Wildman–Crippen LogP) is 4.07. The van der Waals surface area contributed by atoms with E-state index in [1.54, 1.807) is 0 Å². The van der Waals surface area contributed by atoms with Crippen LogP contribution in [-0.4, -0.2) is 31.0 Å². The number of nitrogens with zero attached hydrogens (tertiary/aromatic N) is 3. The predicted molar refractivity (Wildman–Crippen MR) is 110 cm³/mol. The molecule has 0 radical (unpaired) electrons. The minimum absolute atomic E-state index is 0.198. The molecule has 1 saturated carbocycles. The molecule has 0 saturated heterocycles. The van der Waals surface area contributed by atoms with Crippen molar-refractivity contribution in [2.45, 2.75) is 32.4 Å². The van der Waals surface area contributed by atoms with Crippen LogP contribution in [0.1, 0.15) is 35.4 Å². The molecule has 2 aromatic heterocycles. The SMILES string of the molecule is O=C(C1CC1)N1Cc2nc(-c3n[nH]c4ccc(Cc5cc(F)cc(F)c5)cc34)[nH]c2C1. The van der Waals surface area contributed by atoms with Crippen LogP contribution < -0.4 is 0 Å². The number of H-pyrrole nitrogens is 2. The van der Waals surface area contributed by atoms with Gasteiger partial charge in [0.15, 0.2) is 5.82 Å². The normalized spacial score (nSPS) is 15.6. The molecule has 156 valence electrons. The van der Waals surface area contributed by atoms with E-state index in [-0.39, 0.29) is 11.8 Å². The summed E-state index contributed by atoms with van der Waals surface area (Å²) < 4.78 is 27.1. The molecule has 3 heterocycles. The molecule has 1 aliphatic carbocycles. The Hall–Kier alpha value is -3.55. The number of carbonyl (C=O) groups is 1. The van der Waals surface area contributed by atoms with Crippen molar-refractivity contribution in [2.24, 2.45) is 5.92 Å². The zero-order valence-electron chi connectivity index (χ0n) is 16.6. The van der Waals surface area contributed by atoms with Gasteiger partial charge in [-0.3, -0.25) is 9.89 Å². The Balaban J connectivity index is 1.29. The van der Waals surface area contributed by atoms with E-state index in [0.29, 0.717) is 36.6 Å². The second kappa shape index (κ2) is 6.73. The van der Waals surface area contributed by atoms with E-state index >= 15 is 0 Å². The number of amides is 1. The summed E-state index contributed by atoms with van der Waals surface area (Å²) >= 11 is 0. The quantitative estimate of drug-likeness (QED) is 0.523. The maximum Gasteiger partial charge on any atom is 0.226 e. The number of aromatic amines is 2. The highest BCUT2D eigenvalue weighted by Gasteiger charge is 2.37. The standard InChI is InChI=1S/C23H19F2N5O/c24-15-6-13(7-16(25)9-15)5-12-1-4-18-17(8-12)21(29-28-18)22-26-19-10-30(11-20(19)27-22)23(31)14-2-3-14/h1,4,6-9,14H,2-3,5,10-11H2,(H,26,27)(H,28,29). The molecule has 0 unspecified atom stereocenters. The Bertz CT molecular complexity index is 1290. The van der Waals surface area contributed by atoms with Crippen LogP contribution in [0.25, 0.3) is 22.4 Å². The number of hydrogen-bond donors (Lipinski definition) is 2. The summed E-state index contributed by atoms with van der Waals surface area (Å²) in [7, 11) is 0. The van der Waals surface area contributed by atoms with Gasteiger partial charge in [0.1, 0.15) is 17.3 Å². The van der Waals surface area contributed by atoms with Crippen molar-refractivity contribution < 1.29 is 13.6 Å². The second-order valence-electron chi connectivity index (χ2n) is 8.39. The first-order valence-electron chi connectivity index (χ1n) is 10.3. The molecule has 2 aromatic carbocycles. The summed E-state index contributed by atoms with van der Waals surface area (Å²) in [6, 6.07) is 9.34. The van der Waals surface area contributed by atoms with Crippen LogP contribution in [0.2, 0.25) is 0 Å². The van der Waals surface area contributed by atoms with Gasteiger partial charge in [-0.1, -0.05) is 6.07 Å². The maximum atomic E-state index is 13.5. The van der Waals surface area contributed by atoms with E-state index in [1.165, 1.54) is 12.1 Å². The lowest BCUT2D eigenvalue weighted by Gasteiger charge is -2.14. The average Bonchev–Trinajstić information content (AvgIpc) is 3.19. The summed E-state index contributed by atoms with van der Waals surface area (Å²) in [5.41, 5.74) is 4.86. The summed E-state index contributed by atoms with van der Waals surface area (Å²) in [5, 5.41) is 8.33. The number of rotatable bonds is 4. The molecule has 2 aliphatic rings. The van der Waals surface area contributed by atoms with Crippen molar-refractivity contribution in [2.75, 3.05) is 0 Å². The molecule has 1 amide bonds. The maximum absolute atomic E-state index is 13.5. The zero-order chi connectivity index (χ0) is 21.1. The molecular weight excluding hydrogens is 400 g/mol. The highest BCUT2D eigenvalue weighted by Crippen LogP contribution is 2.35. The summed E-state index contributed by atoms with van der Waals surface area (Å²) in [4.78, 5) is 22.2. The summed E-state index contributed by atoms with van der Waals surface area (Å²) in [5.74, 6) is -0.0946. The minimum Gasteiger partial charge on any atom is -0.339 e. The van der Waals surface area contributed by atoms with E-state index in [2.05, 4.69) is 15.2 Å². The molecule has 0 spiro atoms. The van der Waals surface area contributed by atoms with Gasteiger partial charge < -0.3 is 9.88 Å². The van der Waals surface area contributed by atoms with Crippen LogP contribution in [0.3, 0.4) is 0 Å². The first kappa shape index (κ1) is 18.2. The highest BCUT2D eigenvalue weighted by atomic mass is 19.1. The number of fused-ring (bicyclic) bond motifs is 2. The van der Waals surface area contributed by atoms with Gasteiger partial charge in [-0.15, -0.1) is 0 Å². The van der Waals surface area contributed by atoms with Crippen LogP contribution in [0.15, 0.2) is 36.4 Å². The van der Waals surface area contributed by atoms with Gasteiger partial charge in [-0.05, 0) is 54.7 Å². The van der Waals surface area contributed by atoms with Gasteiger partial charge in [0.25, 0.3) is 0 Å². The number of hydrogen-bond acceptors (Lipinski definition) is 3. The second-order valence-corrected chi connectivity index (χ2v) is 8.39. The third-order valence-corrected chi connectivity index (χ3v) is 5.97. The molecular formula is C23H19F2N5O.